The largest absolute Gasteiger partial charge is 0.487 e. The summed E-state index contributed by atoms with van der Waals surface area (Å²) in [6.45, 7) is 13.6. The Bertz CT molecular complexity index is 615. The lowest BCUT2D eigenvalue weighted by Gasteiger charge is -2.32. The summed E-state index contributed by atoms with van der Waals surface area (Å²) in [5.74, 6) is 1.86. The van der Waals surface area contributed by atoms with E-state index in [-0.39, 0.29) is 11.2 Å². The highest BCUT2D eigenvalue weighted by molar-refractivity contribution is 7.11. The number of thiophene rings is 1. The van der Waals surface area contributed by atoms with Gasteiger partial charge in [0, 0.05) is 4.88 Å². The first-order valence-corrected chi connectivity index (χ1v) is 8.89. The number of amides is 1. The molecule has 1 fully saturated rings. The topological polar surface area (TPSA) is 56.8 Å². The summed E-state index contributed by atoms with van der Waals surface area (Å²) in [4.78, 5) is 12.8. The zero-order valence-corrected chi connectivity index (χ0v) is 16.2. The van der Waals surface area contributed by atoms with Crippen LogP contribution in [-0.2, 0) is 14.0 Å². The highest BCUT2D eigenvalue weighted by Gasteiger charge is 2.50. The summed E-state index contributed by atoms with van der Waals surface area (Å²) in [7, 11) is -0.411. The average Bonchev–Trinajstić information content (AvgIpc) is 2.87. The Morgan fingerprint density at radius 2 is 1.83 bits per heavy atom. The van der Waals surface area contributed by atoms with Crippen molar-refractivity contribution in [3.63, 3.8) is 0 Å². The minimum Gasteiger partial charge on any atom is -0.444 e. The fraction of sp³-hybridized carbons (Fsp3) is 0.588. The van der Waals surface area contributed by atoms with Gasteiger partial charge < -0.3 is 14.0 Å². The highest BCUT2D eigenvalue weighted by Crippen LogP contribution is 2.37. The smallest absolute Gasteiger partial charge is 0.444 e. The molecule has 2 rings (SSSR count). The van der Waals surface area contributed by atoms with Crippen LogP contribution in [0.25, 0.3) is 6.08 Å². The third-order valence-electron chi connectivity index (χ3n) is 4.01. The van der Waals surface area contributed by atoms with Crippen LogP contribution in [0.2, 0.25) is 0 Å². The Balaban J connectivity index is 2.02. The van der Waals surface area contributed by atoms with E-state index in [0.29, 0.717) is 5.69 Å². The number of hydrogen-bond acceptors (Lipinski definition) is 5. The zero-order chi connectivity index (χ0) is 18.2. The van der Waals surface area contributed by atoms with Crippen LogP contribution < -0.4 is 5.32 Å². The van der Waals surface area contributed by atoms with E-state index in [2.05, 4.69) is 5.32 Å². The molecular weight excluding hydrogens is 325 g/mol. The SMILES string of the molecule is CC(C)(C)OC(=O)Nc1ccsc1/C=C/B1OC(C)(C)C(C)(C)O1. The first-order valence-electron chi connectivity index (χ1n) is 8.01. The van der Waals surface area contributed by atoms with Crippen molar-refractivity contribution in [3.05, 3.63) is 22.3 Å². The van der Waals surface area contributed by atoms with E-state index in [1.165, 1.54) is 11.3 Å². The van der Waals surface area contributed by atoms with Crippen LogP contribution >= 0.6 is 11.3 Å². The zero-order valence-electron chi connectivity index (χ0n) is 15.4. The molecule has 132 valence electrons. The molecule has 1 aromatic rings. The molecule has 2 heterocycles. The van der Waals surface area contributed by atoms with E-state index >= 15 is 0 Å². The summed E-state index contributed by atoms with van der Waals surface area (Å²) in [5, 5.41) is 4.68. The van der Waals surface area contributed by atoms with Crippen molar-refractivity contribution in [1.29, 1.82) is 0 Å². The Kier molecular flexibility index (Phi) is 5.18. The van der Waals surface area contributed by atoms with Gasteiger partial charge in [-0.05, 0) is 59.9 Å². The number of nitrogens with one attached hydrogen (secondary N) is 1. The third-order valence-corrected chi connectivity index (χ3v) is 4.89. The molecule has 1 N–H and O–H groups in total. The molecule has 0 spiro atoms. The van der Waals surface area contributed by atoms with Crippen molar-refractivity contribution >= 4 is 36.3 Å². The van der Waals surface area contributed by atoms with E-state index in [1.54, 1.807) is 0 Å². The summed E-state index contributed by atoms with van der Waals surface area (Å²) < 4.78 is 17.1. The van der Waals surface area contributed by atoms with Gasteiger partial charge in [-0.25, -0.2) is 4.79 Å². The third kappa shape index (κ3) is 4.62. The number of carbonyl (C=O) groups excluding carboxylic acids is 1. The average molecular weight is 351 g/mol. The predicted octanol–water partition coefficient (Wildman–Crippen LogP) is 4.74. The first kappa shape index (κ1) is 19.0. The molecule has 24 heavy (non-hydrogen) atoms. The molecule has 1 amide bonds. The first-order chi connectivity index (χ1) is 10.9. The lowest BCUT2D eigenvalue weighted by Crippen LogP contribution is -2.41. The lowest BCUT2D eigenvalue weighted by atomic mass is 9.90. The number of anilines is 1. The van der Waals surface area contributed by atoms with Crippen LogP contribution in [0.3, 0.4) is 0 Å². The van der Waals surface area contributed by atoms with Crippen molar-refractivity contribution in [2.45, 2.75) is 65.3 Å². The van der Waals surface area contributed by atoms with Gasteiger partial charge in [0.15, 0.2) is 0 Å². The molecular formula is C17H26BNO4S. The summed E-state index contributed by atoms with van der Waals surface area (Å²) >= 11 is 1.52. The van der Waals surface area contributed by atoms with Crippen LogP contribution in [0.1, 0.15) is 53.3 Å². The fourth-order valence-corrected chi connectivity index (χ4v) is 2.85. The monoisotopic (exact) mass is 351 g/mol. The van der Waals surface area contributed by atoms with Gasteiger partial charge >= 0.3 is 13.2 Å². The van der Waals surface area contributed by atoms with E-state index in [9.17, 15) is 4.79 Å². The molecule has 0 aromatic carbocycles. The molecule has 0 bridgehead atoms. The van der Waals surface area contributed by atoms with Gasteiger partial charge in [-0.1, -0.05) is 12.1 Å². The molecule has 1 saturated heterocycles. The second kappa shape index (κ2) is 6.54. The van der Waals surface area contributed by atoms with Crippen molar-refractivity contribution < 1.29 is 18.8 Å². The predicted molar refractivity (Wildman–Crippen MR) is 99.3 cm³/mol. The van der Waals surface area contributed by atoms with E-state index in [0.717, 1.165) is 4.88 Å². The molecule has 0 unspecified atom stereocenters. The molecule has 7 heteroatoms. The van der Waals surface area contributed by atoms with Crippen molar-refractivity contribution in [2.75, 3.05) is 5.32 Å². The maximum absolute atomic E-state index is 11.9. The van der Waals surface area contributed by atoms with Crippen molar-refractivity contribution in [2.24, 2.45) is 0 Å². The minimum absolute atomic E-state index is 0.366. The molecule has 1 aromatic heterocycles. The van der Waals surface area contributed by atoms with Crippen LogP contribution in [0, 0.1) is 0 Å². The molecule has 1 aliphatic rings. The number of carbonyl (C=O) groups is 1. The van der Waals surface area contributed by atoms with Gasteiger partial charge in [-0.3, -0.25) is 5.32 Å². The fourth-order valence-electron chi connectivity index (χ4n) is 2.10. The maximum Gasteiger partial charge on any atom is 0.487 e. The maximum atomic E-state index is 11.9. The number of ether oxygens (including phenoxy) is 1. The Hall–Kier alpha value is -1.31. The van der Waals surface area contributed by atoms with Gasteiger partial charge in [0.2, 0.25) is 0 Å². The van der Waals surface area contributed by atoms with Gasteiger partial charge in [0.25, 0.3) is 0 Å². The molecule has 0 radical (unpaired) electrons. The van der Waals surface area contributed by atoms with Crippen molar-refractivity contribution in [3.8, 4) is 0 Å². The summed E-state index contributed by atoms with van der Waals surface area (Å²) in [6, 6.07) is 1.85. The summed E-state index contributed by atoms with van der Waals surface area (Å²) in [6.07, 6.45) is 1.44. The second-order valence-electron chi connectivity index (χ2n) is 7.81. The van der Waals surface area contributed by atoms with E-state index in [4.69, 9.17) is 14.0 Å². The molecule has 1 aliphatic heterocycles. The van der Waals surface area contributed by atoms with E-state index < -0.39 is 18.8 Å². The Labute approximate surface area is 148 Å². The van der Waals surface area contributed by atoms with Crippen LogP contribution in [-0.4, -0.2) is 30.0 Å². The van der Waals surface area contributed by atoms with Crippen molar-refractivity contribution in [1.82, 2.24) is 0 Å². The van der Waals surface area contributed by atoms with E-state index in [1.807, 2.05) is 72.0 Å². The number of hydrogen-bond donors (Lipinski definition) is 1. The molecule has 0 aliphatic carbocycles. The van der Waals surface area contributed by atoms with Gasteiger partial charge in [0.05, 0.1) is 16.9 Å². The second-order valence-corrected chi connectivity index (χ2v) is 8.76. The highest BCUT2D eigenvalue weighted by atomic mass is 32.1. The van der Waals surface area contributed by atoms with Gasteiger partial charge in [0.1, 0.15) is 5.60 Å². The minimum atomic E-state index is -0.529. The van der Waals surface area contributed by atoms with Gasteiger partial charge in [-0.15, -0.1) is 11.3 Å². The Morgan fingerprint density at radius 1 is 1.25 bits per heavy atom. The lowest BCUT2D eigenvalue weighted by molar-refractivity contribution is 0.00578. The molecule has 0 atom stereocenters. The van der Waals surface area contributed by atoms with Crippen LogP contribution in [0.15, 0.2) is 17.4 Å². The van der Waals surface area contributed by atoms with Gasteiger partial charge in [-0.2, -0.15) is 0 Å². The Morgan fingerprint density at radius 3 is 2.38 bits per heavy atom. The molecule has 5 nitrogen and oxygen atoms in total. The van der Waals surface area contributed by atoms with Crippen LogP contribution in [0.4, 0.5) is 10.5 Å². The summed E-state index contributed by atoms with van der Waals surface area (Å²) in [5.41, 5.74) is -0.551. The molecule has 0 saturated carbocycles. The number of rotatable bonds is 3. The normalized spacial score (nSPS) is 19.7. The standard InChI is InChI=1S/C17H26BNO4S/c1-15(2,3)21-14(20)19-12-9-11-24-13(12)8-10-18-22-16(4,5)17(6,7)23-18/h8-11H,1-7H3,(H,19,20)/b10-8+. The quantitative estimate of drug-likeness (QED) is 0.799. The van der Waals surface area contributed by atoms with Crippen LogP contribution in [0.5, 0.6) is 0 Å².